The number of aryl methyl sites for hydroxylation is 1. The van der Waals surface area contributed by atoms with Crippen molar-refractivity contribution in [2.24, 2.45) is 5.92 Å². The summed E-state index contributed by atoms with van der Waals surface area (Å²) in [6.45, 7) is 3.55. The second-order valence-corrected chi connectivity index (χ2v) is 12.5. The standard InChI is InChI=1S/C27H38ClN7OS2/c1-33(2)9-5-11-35(12-6-10-34(3)4)27(36)17-7-8-18-23(13-17)38-26-24(18)25(30-16-31-26)32-21-15-22(37)20(29)14-19(21)28/h14-17,37H,5-13,29H2,1-4H3,(H,30,31,32). The van der Waals surface area contributed by atoms with Crippen molar-refractivity contribution in [1.29, 1.82) is 0 Å². The van der Waals surface area contributed by atoms with Crippen molar-refractivity contribution < 1.29 is 4.79 Å². The summed E-state index contributed by atoms with van der Waals surface area (Å²) in [6, 6.07) is 3.50. The summed E-state index contributed by atoms with van der Waals surface area (Å²) in [7, 11) is 8.31. The summed E-state index contributed by atoms with van der Waals surface area (Å²) in [4.78, 5) is 32.1. The average molecular weight is 576 g/mol. The Bertz CT molecular complexity index is 1270. The van der Waals surface area contributed by atoms with Crippen molar-refractivity contribution in [3.8, 4) is 0 Å². The summed E-state index contributed by atoms with van der Waals surface area (Å²) in [5, 5.41) is 4.89. The number of nitrogens with zero attached hydrogens (tertiary/aromatic N) is 5. The van der Waals surface area contributed by atoms with Gasteiger partial charge in [0, 0.05) is 34.5 Å². The number of carbonyl (C=O) groups is 1. The van der Waals surface area contributed by atoms with Gasteiger partial charge in [-0.2, -0.15) is 0 Å². The number of thiol groups is 1. The van der Waals surface area contributed by atoms with Crippen molar-refractivity contribution in [2.75, 3.05) is 65.4 Å². The minimum Gasteiger partial charge on any atom is -0.398 e. The molecule has 206 valence electrons. The quantitative estimate of drug-likeness (QED) is 0.223. The summed E-state index contributed by atoms with van der Waals surface area (Å²) >= 11 is 12.5. The highest BCUT2D eigenvalue weighted by molar-refractivity contribution is 7.80. The Morgan fingerprint density at radius 1 is 1.13 bits per heavy atom. The predicted octanol–water partition coefficient (Wildman–Crippen LogP) is 4.80. The molecular weight excluding hydrogens is 538 g/mol. The van der Waals surface area contributed by atoms with Crippen LogP contribution in [0.5, 0.6) is 0 Å². The zero-order valence-corrected chi connectivity index (χ0v) is 25.1. The smallest absolute Gasteiger partial charge is 0.226 e. The van der Waals surface area contributed by atoms with Crippen molar-refractivity contribution in [1.82, 2.24) is 24.7 Å². The molecule has 3 aromatic rings. The number of carbonyl (C=O) groups excluding carboxylic acids is 1. The lowest BCUT2D eigenvalue weighted by Gasteiger charge is -2.30. The number of nitrogen functional groups attached to an aromatic ring is 1. The van der Waals surface area contributed by atoms with Gasteiger partial charge < -0.3 is 25.8 Å². The van der Waals surface area contributed by atoms with Gasteiger partial charge in [0.1, 0.15) is 17.0 Å². The van der Waals surface area contributed by atoms with Gasteiger partial charge in [0.15, 0.2) is 0 Å². The molecule has 1 amide bonds. The maximum atomic E-state index is 13.7. The highest BCUT2D eigenvalue weighted by Gasteiger charge is 2.31. The second kappa shape index (κ2) is 12.8. The van der Waals surface area contributed by atoms with E-state index in [2.05, 4.69) is 70.8 Å². The molecule has 0 bridgehead atoms. The first-order valence-electron chi connectivity index (χ1n) is 13.0. The van der Waals surface area contributed by atoms with Crippen LogP contribution in [-0.4, -0.2) is 84.9 Å². The first-order chi connectivity index (χ1) is 18.1. The number of thiophene rings is 1. The van der Waals surface area contributed by atoms with E-state index < -0.39 is 0 Å². The van der Waals surface area contributed by atoms with E-state index in [0.717, 1.165) is 68.5 Å². The van der Waals surface area contributed by atoms with Crippen LogP contribution in [-0.2, 0) is 17.6 Å². The highest BCUT2D eigenvalue weighted by atomic mass is 35.5. The molecule has 1 atom stereocenters. The minimum atomic E-state index is -0.00285. The summed E-state index contributed by atoms with van der Waals surface area (Å²) in [5.74, 6) is 0.993. The van der Waals surface area contributed by atoms with Crippen molar-refractivity contribution in [2.45, 2.75) is 37.0 Å². The lowest BCUT2D eigenvalue weighted by atomic mass is 9.86. The Kier molecular flexibility index (Phi) is 9.75. The normalized spacial score (nSPS) is 15.3. The number of anilines is 3. The van der Waals surface area contributed by atoms with Gasteiger partial charge in [-0.1, -0.05) is 11.6 Å². The van der Waals surface area contributed by atoms with E-state index in [4.69, 9.17) is 17.3 Å². The molecule has 4 rings (SSSR count). The zero-order valence-electron chi connectivity index (χ0n) is 22.6. The van der Waals surface area contributed by atoms with Crippen LogP contribution >= 0.6 is 35.6 Å². The zero-order chi connectivity index (χ0) is 27.4. The van der Waals surface area contributed by atoms with Gasteiger partial charge in [-0.05, 0) is 91.1 Å². The van der Waals surface area contributed by atoms with E-state index in [9.17, 15) is 4.79 Å². The number of hydrogen-bond acceptors (Lipinski definition) is 9. The molecule has 8 nitrogen and oxygen atoms in total. The van der Waals surface area contributed by atoms with Crippen molar-refractivity contribution in [3.63, 3.8) is 0 Å². The summed E-state index contributed by atoms with van der Waals surface area (Å²) in [5.41, 5.74) is 8.40. The molecule has 0 fully saturated rings. The van der Waals surface area contributed by atoms with E-state index in [1.54, 1.807) is 23.7 Å². The number of nitrogens with two attached hydrogens (primary N) is 1. The second-order valence-electron chi connectivity index (χ2n) is 10.5. The molecule has 1 aromatic carbocycles. The maximum Gasteiger partial charge on any atom is 0.226 e. The molecule has 1 aliphatic rings. The van der Waals surface area contributed by atoms with Gasteiger partial charge in [-0.25, -0.2) is 9.97 Å². The van der Waals surface area contributed by atoms with Gasteiger partial charge >= 0.3 is 0 Å². The average Bonchev–Trinajstić information content (AvgIpc) is 3.24. The number of hydrogen-bond donors (Lipinski definition) is 3. The molecule has 0 saturated carbocycles. The Hall–Kier alpha value is -2.11. The number of fused-ring (bicyclic) bond motifs is 3. The highest BCUT2D eigenvalue weighted by Crippen LogP contribution is 2.41. The third-order valence-corrected chi connectivity index (χ3v) is 8.80. The molecule has 2 aromatic heterocycles. The minimum absolute atomic E-state index is 0.00285. The molecular formula is C27H38ClN7OS2. The van der Waals surface area contributed by atoms with E-state index in [1.165, 1.54) is 10.4 Å². The van der Waals surface area contributed by atoms with Crippen LogP contribution in [0.2, 0.25) is 5.02 Å². The largest absolute Gasteiger partial charge is 0.398 e. The van der Waals surface area contributed by atoms with E-state index in [-0.39, 0.29) is 11.8 Å². The fourth-order valence-electron chi connectivity index (χ4n) is 4.96. The van der Waals surface area contributed by atoms with Crippen LogP contribution in [0, 0.1) is 5.92 Å². The Morgan fingerprint density at radius 2 is 1.82 bits per heavy atom. The molecule has 1 aliphatic carbocycles. The van der Waals surface area contributed by atoms with E-state index in [0.29, 0.717) is 27.1 Å². The first kappa shape index (κ1) is 28.9. The van der Waals surface area contributed by atoms with Gasteiger partial charge in [-0.3, -0.25) is 4.79 Å². The fourth-order valence-corrected chi connectivity index (χ4v) is 6.64. The summed E-state index contributed by atoms with van der Waals surface area (Å²) in [6.07, 6.45) is 5.93. The first-order valence-corrected chi connectivity index (χ1v) is 14.7. The van der Waals surface area contributed by atoms with Crippen LogP contribution in [0.1, 0.15) is 29.7 Å². The fraction of sp³-hybridized carbons (Fsp3) is 0.519. The van der Waals surface area contributed by atoms with E-state index in [1.807, 2.05) is 6.07 Å². The van der Waals surface area contributed by atoms with Crippen LogP contribution in [0.3, 0.4) is 0 Å². The number of rotatable bonds is 11. The predicted molar refractivity (Wildman–Crippen MR) is 162 cm³/mol. The van der Waals surface area contributed by atoms with Crippen molar-refractivity contribution in [3.05, 3.63) is 33.9 Å². The van der Waals surface area contributed by atoms with Gasteiger partial charge in [0.05, 0.1) is 16.1 Å². The lowest BCUT2D eigenvalue weighted by molar-refractivity contribution is -0.136. The number of aromatic nitrogens is 2. The molecule has 0 saturated heterocycles. The number of nitrogens with one attached hydrogen (secondary N) is 1. The van der Waals surface area contributed by atoms with Crippen LogP contribution in [0.15, 0.2) is 23.4 Å². The maximum absolute atomic E-state index is 13.7. The van der Waals surface area contributed by atoms with Crippen LogP contribution in [0.4, 0.5) is 17.2 Å². The third kappa shape index (κ3) is 6.90. The van der Waals surface area contributed by atoms with Crippen LogP contribution in [0.25, 0.3) is 10.2 Å². The SMILES string of the molecule is CN(C)CCCN(CCCN(C)C)C(=O)C1CCc2c(sc3ncnc(Nc4cc(S)c(N)cc4Cl)c23)C1. The van der Waals surface area contributed by atoms with Gasteiger partial charge in [0.2, 0.25) is 5.91 Å². The van der Waals surface area contributed by atoms with E-state index >= 15 is 0 Å². The Labute approximate surface area is 240 Å². The third-order valence-electron chi connectivity index (χ3n) is 6.94. The molecule has 2 heterocycles. The Balaban J connectivity index is 1.53. The Morgan fingerprint density at radius 3 is 2.47 bits per heavy atom. The topological polar surface area (TPSA) is 90.6 Å². The molecule has 11 heteroatoms. The molecule has 0 radical (unpaired) electrons. The van der Waals surface area contributed by atoms with Crippen molar-refractivity contribution >= 4 is 68.9 Å². The molecule has 38 heavy (non-hydrogen) atoms. The number of amides is 1. The molecule has 0 aliphatic heterocycles. The van der Waals surface area contributed by atoms with Gasteiger partial charge in [0.25, 0.3) is 0 Å². The monoisotopic (exact) mass is 575 g/mol. The number of benzene rings is 1. The molecule has 0 spiro atoms. The van der Waals surface area contributed by atoms with Gasteiger partial charge in [-0.15, -0.1) is 24.0 Å². The van der Waals surface area contributed by atoms with Crippen LogP contribution < -0.4 is 11.1 Å². The number of halogens is 1. The molecule has 3 N–H and O–H groups in total. The molecule has 1 unspecified atom stereocenters. The lowest BCUT2D eigenvalue weighted by Crippen LogP contribution is -2.40. The summed E-state index contributed by atoms with van der Waals surface area (Å²) < 4.78 is 0.